The molecule has 16 heavy (non-hydrogen) atoms. The van der Waals surface area contributed by atoms with Crippen molar-refractivity contribution in [2.75, 3.05) is 0 Å². The van der Waals surface area contributed by atoms with E-state index in [1.165, 1.54) is 0 Å². The second-order valence-corrected chi connectivity index (χ2v) is 2.15. The third-order valence-corrected chi connectivity index (χ3v) is 1.21. The van der Waals surface area contributed by atoms with E-state index >= 15 is 0 Å². The van der Waals surface area contributed by atoms with Gasteiger partial charge in [0.25, 0.3) is 0 Å². The third-order valence-electron chi connectivity index (χ3n) is 1.21. The van der Waals surface area contributed by atoms with Crippen LogP contribution in [0.2, 0.25) is 0 Å². The van der Waals surface area contributed by atoms with E-state index in [4.69, 9.17) is 0 Å². The summed E-state index contributed by atoms with van der Waals surface area (Å²) in [6, 6.07) is 25.0. The Hall–Kier alpha value is -0.306. The summed E-state index contributed by atoms with van der Waals surface area (Å²) in [6.07, 6.45) is 0. The standard InChI is InChI=1S/2C6H5.2ClH.H2N.Ti/c2*1-2-4-6-5-3-1;;;;/h2*1-5H;2*1H;1H2;/q2*-1;;;-1;+2/p-2. The third kappa shape index (κ3) is 16.1. The van der Waals surface area contributed by atoms with Gasteiger partial charge in [-0.05, 0) is 0 Å². The van der Waals surface area contributed by atoms with Crippen LogP contribution in [0, 0.1) is 12.1 Å². The van der Waals surface area contributed by atoms with Gasteiger partial charge in [0, 0.05) is 0 Å². The van der Waals surface area contributed by atoms with Crippen molar-refractivity contribution >= 4 is 0 Å². The Morgan fingerprint density at radius 2 is 0.750 bits per heavy atom. The number of hydrogen-bond donors (Lipinski definition) is 0. The average molecular weight is 289 g/mol. The summed E-state index contributed by atoms with van der Waals surface area (Å²) in [5.41, 5.74) is 0. The van der Waals surface area contributed by atoms with Crippen LogP contribution in [0.15, 0.2) is 60.7 Å². The Morgan fingerprint density at radius 3 is 0.812 bits per heavy atom. The molecule has 2 aromatic rings. The first-order valence-electron chi connectivity index (χ1n) is 3.82. The van der Waals surface area contributed by atoms with Crippen LogP contribution < -0.4 is 24.8 Å². The van der Waals surface area contributed by atoms with Crippen molar-refractivity contribution in [1.29, 1.82) is 0 Å². The Balaban J connectivity index is -0.0000000720. The van der Waals surface area contributed by atoms with Crippen molar-refractivity contribution in [3.8, 4) is 0 Å². The van der Waals surface area contributed by atoms with E-state index in [1.54, 1.807) is 0 Å². The van der Waals surface area contributed by atoms with Crippen LogP contribution in [0.3, 0.4) is 0 Å². The van der Waals surface area contributed by atoms with Crippen LogP contribution in [-0.4, -0.2) is 0 Å². The zero-order chi connectivity index (χ0) is 8.49. The molecule has 0 saturated heterocycles. The fourth-order valence-corrected chi connectivity index (χ4v) is 0.684. The molecule has 2 aromatic carbocycles. The Bertz CT molecular complexity index is 194. The van der Waals surface area contributed by atoms with Crippen LogP contribution in [0.4, 0.5) is 0 Å². The molecular weight excluding hydrogens is 277 g/mol. The van der Waals surface area contributed by atoms with Crippen LogP contribution in [-0.2, 0) is 21.7 Å². The van der Waals surface area contributed by atoms with Crippen molar-refractivity contribution in [2.45, 2.75) is 0 Å². The van der Waals surface area contributed by atoms with Crippen LogP contribution in [0.1, 0.15) is 0 Å². The number of hydrogen-bond acceptors (Lipinski definition) is 0. The second-order valence-electron chi connectivity index (χ2n) is 2.15. The largest absolute Gasteiger partial charge is 2.00 e. The van der Waals surface area contributed by atoms with E-state index in [0.717, 1.165) is 0 Å². The van der Waals surface area contributed by atoms with Crippen LogP contribution in [0.5, 0.6) is 0 Å². The molecule has 0 atom stereocenters. The number of nitrogens with two attached hydrogens (primary N) is 1. The molecule has 4 heteroatoms. The summed E-state index contributed by atoms with van der Waals surface area (Å²) < 4.78 is 0. The molecule has 1 nitrogen and oxygen atoms in total. The van der Waals surface area contributed by atoms with E-state index in [2.05, 4.69) is 12.1 Å². The van der Waals surface area contributed by atoms with Crippen LogP contribution in [0.25, 0.3) is 6.15 Å². The Morgan fingerprint density at radius 1 is 0.500 bits per heavy atom. The average Bonchev–Trinajstić information content (AvgIpc) is 2.24. The van der Waals surface area contributed by atoms with Gasteiger partial charge >= 0.3 is 21.7 Å². The molecule has 2 rings (SSSR count). The van der Waals surface area contributed by atoms with E-state index in [-0.39, 0.29) is 52.7 Å². The molecule has 0 heterocycles. The number of benzene rings is 2. The van der Waals surface area contributed by atoms with E-state index in [9.17, 15) is 0 Å². The van der Waals surface area contributed by atoms with Gasteiger partial charge in [-0.2, -0.15) is 72.8 Å². The topological polar surface area (TPSA) is 33.5 Å². The molecule has 0 fully saturated rings. The molecule has 0 unspecified atom stereocenters. The molecule has 0 aliphatic rings. The first-order valence-corrected chi connectivity index (χ1v) is 3.82. The quantitative estimate of drug-likeness (QED) is 0.386. The van der Waals surface area contributed by atoms with Gasteiger partial charge in [-0.15, -0.1) is 0 Å². The molecule has 0 amide bonds. The molecule has 0 aliphatic heterocycles. The minimum atomic E-state index is 0. The maximum absolute atomic E-state index is 2.89. The van der Waals surface area contributed by atoms with Crippen molar-refractivity contribution in [3.63, 3.8) is 0 Å². The Labute approximate surface area is 125 Å². The van der Waals surface area contributed by atoms with Crippen LogP contribution >= 0.6 is 0 Å². The van der Waals surface area contributed by atoms with E-state index < -0.39 is 0 Å². The maximum atomic E-state index is 2.89. The van der Waals surface area contributed by atoms with E-state index in [0.29, 0.717) is 0 Å². The summed E-state index contributed by atoms with van der Waals surface area (Å²) in [6.45, 7) is 0. The number of rotatable bonds is 0. The summed E-state index contributed by atoms with van der Waals surface area (Å²) in [5.74, 6) is 0. The van der Waals surface area contributed by atoms with Gasteiger partial charge in [0.2, 0.25) is 0 Å². The molecule has 0 aliphatic carbocycles. The van der Waals surface area contributed by atoms with E-state index in [1.807, 2.05) is 60.7 Å². The van der Waals surface area contributed by atoms with Crippen molar-refractivity contribution in [2.24, 2.45) is 0 Å². The molecule has 2 N–H and O–H groups in total. The summed E-state index contributed by atoms with van der Waals surface area (Å²) >= 11 is 0. The molecule has 0 saturated carbocycles. The Kier molecular flexibility index (Phi) is 31.2. The normalized spacial score (nSPS) is 6.00. The molecule has 0 bridgehead atoms. The van der Waals surface area contributed by atoms with Crippen molar-refractivity contribution < 1.29 is 46.5 Å². The molecule has 86 valence electrons. The van der Waals surface area contributed by atoms with Gasteiger partial charge in [0.05, 0.1) is 0 Å². The first kappa shape index (κ1) is 24.8. The fourth-order valence-electron chi connectivity index (χ4n) is 0.684. The smallest absolute Gasteiger partial charge is 1.00 e. The summed E-state index contributed by atoms with van der Waals surface area (Å²) in [5, 5.41) is 0. The first-order chi connectivity index (χ1) is 6.00. The summed E-state index contributed by atoms with van der Waals surface area (Å²) in [7, 11) is 0. The van der Waals surface area contributed by atoms with Crippen molar-refractivity contribution in [3.05, 3.63) is 78.9 Å². The monoisotopic (exact) mass is 288 g/mol. The predicted molar refractivity (Wildman–Crippen MR) is 55.8 cm³/mol. The SMILES string of the molecule is [Cl-].[Cl-].[NH2-].[Ti+2].[c-]1ccccc1.[c-]1ccccc1. The maximum Gasteiger partial charge on any atom is 2.00 e. The fraction of sp³-hybridized carbons (Fsp3) is 0. The minimum Gasteiger partial charge on any atom is -1.00 e. The predicted octanol–water partition coefficient (Wildman–Crippen LogP) is -2.30. The second kappa shape index (κ2) is 20.2. The zero-order valence-corrected chi connectivity index (χ0v) is 11.7. The van der Waals surface area contributed by atoms with Gasteiger partial charge in [-0.3, -0.25) is 0 Å². The summed E-state index contributed by atoms with van der Waals surface area (Å²) in [4.78, 5) is 0. The van der Waals surface area contributed by atoms with Crippen molar-refractivity contribution in [1.82, 2.24) is 0 Å². The molecule has 0 radical (unpaired) electrons. The number of halogens is 2. The minimum absolute atomic E-state index is 0. The van der Waals surface area contributed by atoms with Gasteiger partial charge in [-0.25, -0.2) is 0 Å². The molecular formula is C12H12Cl2NTi-3. The van der Waals surface area contributed by atoms with Gasteiger partial charge < -0.3 is 31.0 Å². The van der Waals surface area contributed by atoms with Gasteiger partial charge in [0.1, 0.15) is 0 Å². The van der Waals surface area contributed by atoms with Gasteiger partial charge in [0.15, 0.2) is 0 Å². The molecule has 0 spiro atoms. The molecule has 0 aromatic heterocycles. The van der Waals surface area contributed by atoms with Gasteiger partial charge in [-0.1, -0.05) is 0 Å². The zero-order valence-electron chi connectivity index (χ0n) is 8.61.